The molecule has 4 rings (SSSR count). The molecular formula is C23H21ClN4O5S. The number of nitro groups is 1. The lowest BCUT2D eigenvalue weighted by Gasteiger charge is -2.35. The van der Waals surface area contributed by atoms with Crippen molar-refractivity contribution in [3.63, 3.8) is 0 Å². The molecule has 1 aliphatic heterocycles. The highest BCUT2D eigenvalue weighted by molar-refractivity contribution is 7.89. The van der Waals surface area contributed by atoms with Crippen LogP contribution in [0.5, 0.6) is 0 Å². The van der Waals surface area contributed by atoms with E-state index in [1.54, 1.807) is 6.07 Å². The number of nitrogens with zero attached hydrogens (tertiary/aromatic N) is 3. The number of carbonyl (C=O) groups excluding carboxylic acids is 1. The fourth-order valence-electron chi connectivity index (χ4n) is 3.74. The van der Waals surface area contributed by atoms with Crippen molar-refractivity contribution in [2.45, 2.75) is 4.90 Å². The number of halogens is 1. The Bertz CT molecular complexity index is 1330. The molecule has 0 aliphatic carbocycles. The van der Waals surface area contributed by atoms with Crippen LogP contribution in [-0.2, 0) is 10.0 Å². The quantitative estimate of drug-likeness (QED) is 0.404. The Balaban J connectivity index is 1.53. The molecule has 0 bridgehead atoms. The summed E-state index contributed by atoms with van der Waals surface area (Å²) in [7, 11) is -3.88. The number of carbonyl (C=O) groups is 1. The van der Waals surface area contributed by atoms with Crippen LogP contribution in [-0.4, -0.2) is 49.7 Å². The average Bonchev–Trinajstić information content (AvgIpc) is 2.85. The Morgan fingerprint density at radius 2 is 1.59 bits per heavy atom. The number of hydrogen-bond donors (Lipinski definition) is 1. The summed E-state index contributed by atoms with van der Waals surface area (Å²) >= 11 is 6.17. The fourth-order valence-corrected chi connectivity index (χ4v) is 5.39. The summed E-state index contributed by atoms with van der Waals surface area (Å²) < 4.78 is 27.9. The first-order valence-electron chi connectivity index (χ1n) is 10.4. The molecule has 3 aromatic carbocycles. The molecule has 0 unspecified atom stereocenters. The van der Waals surface area contributed by atoms with Crippen molar-refractivity contribution in [2.24, 2.45) is 0 Å². The van der Waals surface area contributed by atoms with Gasteiger partial charge in [0.1, 0.15) is 5.69 Å². The highest BCUT2D eigenvalue weighted by Gasteiger charge is 2.30. The van der Waals surface area contributed by atoms with Gasteiger partial charge in [-0.25, -0.2) is 8.42 Å². The number of nitrogens with one attached hydrogen (secondary N) is 1. The van der Waals surface area contributed by atoms with Gasteiger partial charge in [0.05, 0.1) is 20.4 Å². The lowest BCUT2D eigenvalue weighted by atomic mass is 10.2. The van der Waals surface area contributed by atoms with E-state index in [0.717, 1.165) is 5.69 Å². The number of piperazine rings is 1. The van der Waals surface area contributed by atoms with E-state index >= 15 is 0 Å². The normalized spacial score (nSPS) is 14.6. The van der Waals surface area contributed by atoms with E-state index < -0.39 is 20.9 Å². The number of rotatable bonds is 6. The average molecular weight is 501 g/mol. The Kier molecular flexibility index (Phi) is 6.82. The first-order chi connectivity index (χ1) is 16.3. The SMILES string of the molecule is O=C(Nc1ccccc1[N+](=O)[O-])c1cc(S(=O)(=O)N2CCN(c3ccccc3)CC2)ccc1Cl. The molecule has 11 heteroatoms. The Hall–Kier alpha value is -3.47. The first-order valence-corrected chi connectivity index (χ1v) is 12.2. The molecule has 1 aliphatic rings. The molecule has 0 saturated carbocycles. The van der Waals surface area contributed by atoms with Gasteiger partial charge in [-0.15, -0.1) is 0 Å². The standard InChI is InChI=1S/C23H21ClN4O5S/c24-20-11-10-18(16-19(20)23(29)25-21-8-4-5-9-22(21)28(30)31)34(32,33)27-14-12-26(13-15-27)17-6-2-1-3-7-17/h1-11,16H,12-15H2,(H,25,29). The smallest absolute Gasteiger partial charge is 0.292 e. The van der Waals surface area contributed by atoms with E-state index in [-0.39, 0.29) is 39.9 Å². The lowest BCUT2D eigenvalue weighted by Crippen LogP contribution is -2.48. The summed E-state index contributed by atoms with van der Waals surface area (Å²) in [4.78, 5) is 25.5. The number of hydrogen-bond acceptors (Lipinski definition) is 6. The van der Waals surface area contributed by atoms with Crippen molar-refractivity contribution >= 4 is 44.6 Å². The zero-order valence-electron chi connectivity index (χ0n) is 17.9. The molecular weight excluding hydrogens is 480 g/mol. The predicted octanol–water partition coefficient (Wildman–Crippen LogP) is 4.01. The van der Waals surface area contributed by atoms with Gasteiger partial charge in [-0.3, -0.25) is 14.9 Å². The largest absolute Gasteiger partial charge is 0.369 e. The molecule has 1 fully saturated rings. The van der Waals surface area contributed by atoms with Gasteiger partial charge < -0.3 is 10.2 Å². The van der Waals surface area contributed by atoms with E-state index in [2.05, 4.69) is 10.2 Å². The van der Waals surface area contributed by atoms with Gasteiger partial charge in [-0.2, -0.15) is 4.31 Å². The minimum absolute atomic E-state index is 0.0149. The summed E-state index contributed by atoms with van der Waals surface area (Å²) in [5, 5.41) is 13.7. The topological polar surface area (TPSA) is 113 Å². The number of nitro benzene ring substituents is 1. The predicted molar refractivity (Wildman–Crippen MR) is 130 cm³/mol. The van der Waals surface area contributed by atoms with Gasteiger partial charge in [-0.1, -0.05) is 41.9 Å². The number of amides is 1. The summed E-state index contributed by atoms with van der Waals surface area (Å²) in [5.74, 6) is -0.745. The van der Waals surface area contributed by atoms with E-state index in [9.17, 15) is 23.3 Å². The van der Waals surface area contributed by atoms with Gasteiger partial charge in [0, 0.05) is 37.9 Å². The van der Waals surface area contributed by atoms with E-state index in [1.807, 2.05) is 30.3 Å². The van der Waals surface area contributed by atoms with Crippen molar-refractivity contribution < 1.29 is 18.1 Å². The van der Waals surface area contributed by atoms with Gasteiger partial charge in [0.2, 0.25) is 10.0 Å². The van der Waals surface area contributed by atoms with E-state index in [0.29, 0.717) is 13.1 Å². The van der Waals surface area contributed by atoms with Crippen molar-refractivity contribution in [3.05, 3.63) is 93.5 Å². The molecule has 3 aromatic rings. The molecule has 0 atom stereocenters. The summed E-state index contributed by atoms with van der Waals surface area (Å²) in [5.41, 5.74) is 0.634. The molecule has 34 heavy (non-hydrogen) atoms. The molecule has 0 aromatic heterocycles. The van der Waals surface area contributed by atoms with Crippen LogP contribution in [0.1, 0.15) is 10.4 Å². The second kappa shape index (κ2) is 9.80. The number of benzene rings is 3. The Labute approximate surface area is 201 Å². The molecule has 0 spiro atoms. The fraction of sp³-hybridized carbons (Fsp3) is 0.174. The molecule has 0 radical (unpaired) electrons. The van der Waals surface area contributed by atoms with Crippen molar-refractivity contribution in [1.82, 2.24) is 4.31 Å². The zero-order valence-corrected chi connectivity index (χ0v) is 19.5. The third-order valence-corrected chi connectivity index (χ3v) is 7.75. The van der Waals surface area contributed by atoms with Crippen LogP contribution in [0, 0.1) is 10.1 Å². The Morgan fingerprint density at radius 1 is 0.941 bits per heavy atom. The molecule has 1 N–H and O–H groups in total. The monoisotopic (exact) mass is 500 g/mol. The van der Waals surface area contributed by atoms with Crippen LogP contribution >= 0.6 is 11.6 Å². The third kappa shape index (κ3) is 4.89. The third-order valence-electron chi connectivity index (χ3n) is 5.53. The van der Waals surface area contributed by atoms with Crippen LogP contribution in [0.2, 0.25) is 5.02 Å². The van der Waals surface area contributed by atoms with Crippen LogP contribution in [0.15, 0.2) is 77.7 Å². The molecule has 176 valence electrons. The first kappa shape index (κ1) is 23.7. The highest BCUT2D eigenvalue weighted by Crippen LogP contribution is 2.28. The Morgan fingerprint density at radius 3 is 2.26 bits per heavy atom. The van der Waals surface area contributed by atoms with Crippen LogP contribution < -0.4 is 10.2 Å². The molecule has 9 nitrogen and oxygen atoms in total. The van der Waals surface area contributed by atoms with Crippen molar-refractivity contribution in [2.75, 3.05) is 36.4 Å². The van der Waals surface area contributed by atoms with Gasteiger partial charge in [0.15, 0.2) is 0 Å². The number of para-hydroxylation sites is 3. The van der Waals surface area contributed by atoms with Crippen LogP contribution in [0.4, 0.5) is 17.1 Å². The second-order valence-electron chi connectivity index (χ2n) is 7.60. The lowest BCUT2D eigenvalue weighted by molar-refractivity contribution is -0.383. The summed E-state index contributed by atoms with van der Waals surface area (Å²) in [6.45, 7) is 1.64. The highest BCUT2D eigenvalue weighted by atomic mass is 35.5. The minimum atomic E-state index is -3.88. The minimum Gasteiger partial charge on any atom is -0.369 e. The van der Waals surface area contributed by atoms with Gasteiger partial charge >= 0.3 is 0 Å². The van der Waals surface area contributed by atoms with Crippen molar-refractivity contribution in [1.29, 1.82) is 0 Å². The maximum atomic E-state index is 13.3. The molecule has 1 amide bonds. The maximum absolute atomic E-state index is 13.3. The van der Waals surface area contributed by atoms with Crippen molar-refractivity contribution in [3.8, 4) is 0 Å². The summed E-state index contributed by atoms with van der Waals surface area (Å²) in [6, 6.07) is 19.3. The summed E-state index contributed by atoms with van der Waals surface area (Å²) in [6.07, 6.45) is 0. The second-order valence-corrected chi connectivity index (χ2v) is 9.94. The zero-order chi connectivity index (χ0) is 24.3. The van der Waals surface area contributed by atoms with E-state index in [1.165, 1.54) is 40.7 Å². The number of anilines is 2. The van der Waals surface area contributed by atoms with Gasteiger partial charge in [0.25, 0.3) is 11.6 Å². The maximum Gasteiger partial charge on any atom is 0.292 e. The number of sulfonamides is 1. The molecule has 1 heterocycles. The van der Waals surface area contributed by atoms with E-state index in [4.69, 9.17) is 11.6 Å². The van der Waals surface area contributed by atoms with Crippen LogP contribution in [0.3, 0.4) is 0 Å². The molecule has 1 saturated heterocycles. The van der Waals surface area contributed by atoms with Gasteiger partial charge in [-0.05, 0) is 36.4 Å². The van der Waals surface area contributed by atoms with Crippen LogP contribution in [0.25, 0.3) is 0 Å².